The lowest BCUT2D eigenvalue weighted by atomic mass is 10.0. The number of phenolic OH excluding ortho intramolecular Hbond substituents is 1. The van der Waals surface area contributed by atoms with Gasteiger partial charge in [0.1, 0.15) is 17.3 Å². The number of fused-ring (bicyclic) bond motifs is 1. The second-order valence-electron chi connectivity index (χ2n) is 8.94. The first-order valence-corrected chi connectivity index (χ1v) is 11.3. The van der Waals surface area contributed by atoms with E-state index in [0.29, 0.717) is 25.5 Å². The minimum atomic E-state index is -0.193. The van der Waals surface area contributed by atoms with Crippen molar-refractivity contribution >= 4 is 5.91 Å². The summed E-state index contributed by atoms with van der Waals surface area (Å²) in [5, 5.41) is 22.5. The van der Waals surface area contributed by atoms with Crippen molar-refractivity contribution in [1.82, 2.24) is 25.0 Å². The lowest BCUT2D eigenvalue weighted by molar-refractivity contribution is -0.126. The molecule has 2 N–H and O–H groups in total. The van der Waals surface area contributed by atoms with Crippen LogP contribution in [0, 0.1) is 11.8 Å². The minimum Gasteiger partial charge on any atom is -0.507 e. The van der Waals surface area contributed by atoms with Gasteiger partial charge in [-0.3, -0.25) is 9.69 Å². The summed E-state index contributed by atoms with van der Waals surface area (Å²) in [4.78, 5) is 15.0. The largest absolute Gasteiger partial charge is 0.507 e. The van der Waals surface area contributed by atoms with E-state index in [1.807, 2.05) is 12.1 Å². The summed E-state index contributed by atoms with van der Waals surface area (Å²) >= 11 is 0. The number of amides is 1. The average Bonchev–Trinajstić information content (AvgIpc) is 3.41. The third-order valence-electron chi connectivity index (χ3n) is 6.38. The normalized spacial score (nSPS) is 20.1. The lowest BCUT2D eigenvalue weighted by Crippen LogP contribution is -2.38. The lowest BCUT2D eigenvalue weighted by Gasteiger charge is -2.24. The fraction of sp³-hybridized carbons (Fsp3) is 0.609. The van der Waals surface area contributed by atoms with Crippen LogP contribution in [0.25, 0.3) is 0 Å². The second kappa shape index (κ2) is 9.87. The summed E-state index contributed by atoms with van der Waals surface area (Å²) < 4.78 is 12.7. The fourth-order valence-corrected chi connectivity index (χ4v) is 4.36. The van der Waals surface area contributed by atoms with E-state index in [9.17, 15) is 9.90 Å². The molecule has 1 aromatic carbocycles. The van der Waals surface area contributed by atoms with Crippen molar-refractivity contribution in [2.75, 3.05) is 33.4 Å². The molecule has 1 aromatic heterocycles. The Bertz CT molecular complexity index is 938. The molecular formula is C23H33N5O4. The van der Waals surface area contributed by atoms with Gasteiger partial charge in [-0.2, -0.15) is 0 Å². The van der Waals surface area contributed by atoms with Crippen LogP contribution in [0.2, 0.25) is 0 Å². The molecule has 1 saturated heterocycles. The van der Waals surface area contributed by atoms with Gasteiger partial charge in [0.15, 0.2) is 5.82 Å². The summed E-state index contributed by atoms with van der Waals surface area (Å²) in [6.45, 7) is 8.32. The van der Waals surface area contributed by atoms with Crippen LogP contribution in [-0.4, -0.2) is 64.1 Å². The number of carbonyl (C=O) groups is 1. The Morgan fingerprint density at radius 1 is 1.31 bits per heavy atom. The van der Waals surface area contributed by atoms with Gasteiger partial charge in [0.2, 0.25) is 5.91 Å². The highest BCUT2D eigenvalue weighted by Crippen LogP contribution is 2.27. The number of methoxy groups -OCH3 is 1. The zero-order chi connectivity index (χ0) is 22.7. The van der Waals surface area contributed by atoms with E-state index in [4.69, 9.17) is 9.47 Å². The monoisotopic (exact) mass is 443 g/mol. The summed E-state index contributed by atoms with van der Waals surface area (Å²) in [5.74, 6) is 2.77. The number of hydrogen-bond donors (Lipinski definition) is 2. The van der Waals surface area contributed by atoms with Crippen LogP contribution in [0.4, 0.5) is 0 Å². The van der Waals surface area contributed by atoms with Crippen molar-refractivity contribution in [1.29, 1.82) is 0 Å². The van der Waals surface area contributed by atoms with Gasteiger partial charge in [0.25, 0.3) is 0 Å². The molecule has 2 aliphatic rings. The smallest absolute Gasteiger partial charge is 0.226 e. The zero-order valence-corrected chi connectivity index (χ0v) is 19.1. The van der Waals surface area contributed by atoms with E-state index >= 15 is 0 Å². The molecule has 1 amide bonds. The number of ether oxygens (including phenoxy) is 2. The van der Waals surface area contributed by atoms with Gasteiger partial charge in [0.05, 0.1) is 25.7 Å². The van der Waals surface area contributed by atoms with Gasteiger partial charge in [-0.25, -0.2) is 0 Å². The number of rotatable bonds is 7. The number of aromatic nitrogens is 3. The van der Waals surface area contributed by atoms with Crippen molar-refractivity contribution in [3.63, 3.8) is 0 Å². The molecule has 174 valence electrons. The van der Waals surface area contributed by atoms with Crippen LogP contribution in [0.5, 0.6) is 11.5 Å². The van der Waals surface area contributed by atoms with Crippen molar-refractivity contribution in [3.8, 4) is 11.5 Å². The van der Waals surface area contributed by atoms with Crippen LogP contribution in [0.1, 0.15) is 43.5 Å². The van der Waals surface area contributed by atoms with E-state index in [0.717, 1.165) is 49.7 Å². The second-order valence-corrected chi connectivity index (χ2v) is 8.94. The molecule has 0 radical (unpaired) electrons. The number of nitrogens with one attached hydrogen (secondary N) is 1. The molecule has 0 saturated carbocycles. The van der Waals surface area contributed by atoms with E-state index in [-0.39, 0.29) is 29.5 Å². The maximum Gasteiger partial charge on any atom is 0.226 e. The van der Waals surface area contributed by atoms with E-state index in [1.54, 1.807) is 13.2 Å². The van der Waals surface area contributed by atoms with Crippen LogP contribution in [0.15, 0.2) is 18.2 Å². The highest BCUT2D eigenvalue weighted by Gasteiger charge is 2.31. The molecular weight excluding hydrogens is 410 g/mol. The standard InChI is InChI=1S/C23H33N5O4/c1-15(2)21(24-23(30)17-7-11-32-14-17)22-26-25-20-6-8-27(9-10-28(20)22)13-16-4-5-18(31-3)12-19(16)29/h4-5,12,15,17,21,29H,6-11,13-14H2,1-3H3,(H,24,30)/t17-,21-/m1/s1. The van der Waals surface area contributed by atoms with Crippen molar-refractivity contribution < 1.29 is 19.4 Å². The molecule has 0 spiro atoms. The molecule has 0 aliphatic carbocycles. The topological polar surface area (TPSA) is 102 Å². The molecule has 9 heteroatoms. The first-order valence-electron chi connectivity index (χ1n) is 11.3. The van der Waals surface area contributed by atoms with Gasteiger partial charge in [-0.1, -0.05) is 19.9 Å². The van der Waals surface area contributed by atoms with Gasteiger partial charge in [0, 0.05) is 50.8 Å². The van der Waals surface area contributed by atoms with Crippen molar-refractivity contribution in [3.05, 3.63) is 35.4 Å². The SMILES string of the molecule is COc1ccc(CN2CCc3nnc([C@H](NC(=O)[C@@H]4CCOC4)C(C)C)n3CC2)c(O)c1. The number of hydrogen-bond acceptors (Lipinski definition) is 7. The van der Waals surface area contributed by atoms with E-state index in [2.05, 4.69) is 38.8 Å². The summed E-state index contributed by atoms with van der Waals surface area (Å²) in [7, 11) is 1.59. The van der Waals surface area contributed by atoms with Crippen LogP contribution < -0.4 is 10.1 Å². The molecule has 0 unspecified atom stereocenters. The fourth-order valence-electron chi connectivity index (χ4n) is 4.36. The average molecular weight is 444 g/mol. The molecule has 2 aliphatic heterocycles. The molecule has 1 fully saturated rings. The van der Waals surface area contributed by atoms with Crippen LogP contribution in [0.3, 0.4) is 0 Å². The Kier molecular flexibility index (Phi) is 6.95. The summed E-state index contributed by atoms with van der Waals surface area (Å²) in [6.07, 6.45) is 1.53. The summed E-state index contributed by atoms with van der Waals surface area (Å²) in [5.41, 5.74) is 0.870. The van der Waals surface area contributed by atoms with Gasteiger partial charge in [-0.15, -0.1) is 10.2 Å². The number of aromatic hydroxyl groups is 1. The Hall–Kier alpha value is -2.65. The predicted molar refractivity (Wildman–Crippen MR) is 118 cm³/mol. The van der Waals surface area contributed by atoms with Gasteiger partial charge >= 0.3 is 0 Å². The third kappa shape index (κ3) is 4.88. The number of carbonyl (C=O) groups excluding carboxylic acids is 1. The van der Waals surface area contributed by atoms with Crippen molar-refractivity contribution in [2.45, 2.75) is 45.8 Å². The maximum absolute atomic E-state index is 12.7. The Balaban J connectivity index is 1.45. The molecule has 4 rings (SSSR count). The molecule has 0 bridgehead atoms. The Morgan fingerprint density at radius 3 is 2.84 bits per heavy atom. The van der Waals surface area contributed by atoms with Gasteiger partial charge < -0.3 is 24.5 Å². The minimum absolute atomic E-state index is 0.0313. The molecule has 2 aromatic rings. The van der Waals surface area contributed by atoms with Crippen molar-refractivity contribution in [2.24, 2.45) is 11.8 Å². The third-order valence-corrected chi connectivity index (χ3v) is 6.38. The Labute approximate surface area is 188 Å². The maximum atomic E-state index is 12.7. The molecule has 9 nitrogen and oxygen atoms in total. The number of nitrogens with zero attached hydrogens (tertiary/aromatic N) is 4. The molecule has 3 heterocycles. The van der Waals surface area contributed by atoms with Gasteiger partial charge in [-0.05, 0) is 18.4 Å². The number of benzene rings is 1. The summed E-state index contributed by atoms with van der Waals surface area (Å²) in [6, 6.07) is 5.22. The predicted octanol–water partition coefficient (Wildman–Crippen LogP) is 1.90. The first kappa shape index (κ1) is 22.5. The highest BCUT2D eigenvalue weighted by atomic mass is 16.5. The van der Waals surface area contributed by atoms with E-state index < -0.39 is 0 Å². The van der Waals surface area contributed by atoms with E-state index in [1.165, 1.54) is 0 Å². The van der Waals surface area contributed by atoms with Crippen LogP contribution in [-0.2, 0) is 29.0 Å². The first-order chi connectivity index (χ1) is 15.5. The van der Waals surface area contributed by atoms with Crippen LogP contribution >= 0.6 is 0 Å². The quantitative estimate of drug-likeness (QED) is 0.674. The highest BCUT2D eigenvalue weighted by molar-refractivity contribution is 5.79. The molecule has 32 heavy (non-hydrogen) atoms. The Morgan fingerprint density at radius 2 is 2.16 bits per heavy atom. The number of phenols is 1. The molecule has 2 atom stereocenters. The zero-order valence-electron chi connectivity index (χ0n) is 19.1.